The molecule has 5 heteroatoms. The van der Waals surface area contributed by atoms with Crippen LogP contribution in [0, 0.1) is 18.7 Å². The van der Waals surface area contributed by atoms with Crippen LogP contribution < -0.4 is 10.6 Å². The van der Waals surface area contributed by atoms with E-state index in [-0.39, 0.29) is 23.9 Å². The molecule has 2 rings (SSSR count). The third kappa shape index (κ3) is 4.76. The van der Waals surface area contributed by atoms with Crippen LogP contribution in [0.3, 0.4) is 0 Å². The zero-order valence-electron chi connectivity index (χ0n) is 11.7. The molecule has 0 aliphatic carbocycles. The number of rotatable bonds is 4. The van der Waals surface area contributed by atoms with Gasteiger partial charge in [-0.15, -0.1) is 12.4 Å². The lowest BCUT2D eigenvalue weighted by Gasteiger charge is -2.22. The van der Waals surface area contributed by atoms with Crippen molar-refractivity contribution in [3.63, 3.8) is 0 Å². The van der Waals surface area contributed by atoms with Crippen LogP contribution in [0.15, 0.2) is 18.2 Å². The summed E-state index contributed by atoms with van der Waals surface area (Å²) in [5.41, 5.74) is 1.03. The molecule has 1 saturated heterocycles. The number of hydrogen-bond acceptors (Lipinski definition) is 2. The summed E-state index contributed by atoms with van der Waals surface area (Å²) in [6, 6.07) is 4.60. The molecule has 1 amide bonds. The van der Waals surface area contributed by atoms with Crippen molar-refractivity contribution in [2.45, 2.75) is 26.2 Å². The summed E-state index contributed by atoms with van der Waals surface area (Å²) in [5, 5.41) is 6.16. The Labute approximate surface area is 125 Å². The molecule has 0 saturated carbocycles. The third-order valence-corrected chi connectivity index (χ3v) is 3.60. The third-order valence-electron chi connectivity index (χ3n) is 3.60. The Hall–Kier alpha value is -1.13. The normalized spacial score (nSPS) is 18.2. The fourth-order valence-corrected chi connectivity index (χ4v) is 2.47. The molecule has 1 unspecified atom stereocenters. The lowest BCUT2D eigenvalue weighted by Crippen LogP contribution is -2.33. The Bertz CT molecular complexity index is 447. The van der Waals surface area contributed by atoms with Crippen molar-refractivity contribution in [2.24, 2.45) is 5.92 Å². The monoisotopic (exact) mass is 300 g/mol. The predicted octanol–water partition coefficient (Wildman–Crippen LogP) is 2.68. The van der Waals surface area contributed by atoms with Crippen LogP contribution in [0.2, 0.25) is 0 Å². The molecule has 20 heavy (non-hydrogen) atoms. The molecule has 1 aromatic rings. The summed E-state index contributed by atoms with van der Waals surface area (Å²) in [6.45, 7) is 4.58. The number of carbonyl (C=O) groups excluding carboxylic acids is 1. The van der Waals surface area contributed by atoms with E-state index in [1.165, 1.54) is 18.9 Å². The Morgan fingerprint density at radius 1 is 1.50 bits per heavy atom. The van der Waals surface area contributed by atoms with Gasteiger partial charge in [-0.25, -0.2) is 4.39 Å². The molecule has 1 fully saturated rings. The van der Waals surface area contributed by atoms with E-state index >= 15 is 0 Å². The molecule has 0 aromatic heterocycles. The van der Waals surface area contributed by atoms with E-state index in [4.69, 9.17) is 0 Å². The fourth-order valence-electron chi connectivity index (χ4n) is 2.47. The van der Waals surface area contributed by atoms with Crippen LogP contribution in [-0.2, 0) is 0 Å². The lowest BCUT2D eigenvalue weighted by atomic mass is 9.96. The SMILES string of the molecule is Cc1ccc(F)c(C(=O)NCCC2CCCNC2)c1.Cl. The zero-order valence-corrected chi connectivity index (χ0v) is 12.6. The minimum absolute atomic E-state index is 0. The number of amides is 1. The van der Waals surface area contributed by atoms with Crippen molar-refractivity contribution < 1.29 is 9.18 Å². The molecule has 3 nitrogen and oxygen atoms in total. The van der Waals surface area contributed by atoms with E-state index < -0.39 is 5.82 Å². The minimum Gasteiger partial charge on any atom is -0.352 e. The molecular formula is C15H22ClFN2O. The standard InChI is InChI=1S/C15H21FN2O.ClH/c1-11-4-5-14(16)13(9-11)15(19)18-8-6-12-3-2-7-17-10-12;/h4-5,9,12,17H,2-3,6-8,10H2,1H3,(H,18,19);1H. The van der Waals surface area contributed by atoms with E-state index in [0.717, 1.165) is 25.1 Å². The van der Waals surface area contributed by atoms with Crippen molar-refractivity contribution in [3.8, 4) is 0 Å². The Kier molecular flexibility index (Phi) is 6.96. The first kappa shape index (κ1) is 16.9. The second kappa shape index (κ2) is 8.22. The van der Waals surface area contributed by atoms with Gasteiger partial charge in [0.05, 0.1) is 5.56 Å². The number of aryl methyl sites for hydroxylation is 1. The molecule has 0 spiro atoms. The molecule has 2 N–H and O–H groups in total. The highest BCUT2D eigenvalue weighted by atomic mass is 35.5. The summed E-state index contributed by atoms with van der Waals surface area (Å²) in [7, 11) is 0. The topological polar surface area (TPSA) is 41.1 Å². The van der Waals surface area contributed by atoms with E-state index in [1.54, 1.807) is 12.1 Å². The molecule has 112 valence electrons. The first-order valence-electron chi connectivity index (χ1n) is 6.92. The Morgan fingerprint density at radius 3 is 3.00 bits per heavy atom. The number of carbonyl (C=O) groups is 1. The molecular weight excluding hydrogens is 279 g/mol. The van der Waals surface area contributed by atoms with Crippen LogP contribution in [0.25, 0.3) is 0 Å². The highest BCUT2D eigenvalue weighted by Crippen LogP contribution is 2.13. The molecule has 0 radical (unpaired) electrons. The lowest BCUT2D eigenvalue weighted by molar-refractivity contribution is 0.0946. The number of hydrogen-bond donors (Lipinski definition) is 2. The van der Waals surface area contributed by atoms with Crippen LogP contribution in [-0.4, -0.2) is 25.5 Å². The van der Waals surface area contributed by atoms with Crippen LogP contribution in [0.1, 0.15) is 35.2 Å². The number of nitrogens with one attached hydrogen (secondary N) is 2. The minimum atomic E-state index is -0.456. The van der Waals surface area contributed by atoms with Crippen molar-refractivity contribution in [2.75, 3.05) is 19.6 Å². The van der Waals surface area contributed by atoms with Crippen molar-refractivity contribution in [1.29, 1.82) is 0 Å². The number of halogens is 2. The Balaban J connectivity index is 0.00000200. The summed E-state index contributed by atoms with van der Waals surface area (Å²) >= 11 is 0. The summed E-state index contributed by atoms with van der Waals surface area (Å²) in [5.74, 6) is -0.149. The highest BCUT2D eigenvalue weighted by molar-refractivity contribution is 5.94. The van der Waals surface area contributed by atoms with Gasteiger partial charge in [0.25, 0.3) is 5.91 Å². The van der Waals surface area contributed by atoms with E-state index in [1.807, 2.05) is 6.92 Å². The molecule has 0 bridgehead atoms. The van der Waals surface area contributed by atoms with Gasteiger partial charge in [-0.05, 0) is 57.3 Å². The van der Waals surface area contributed by atoms with Crippen LogP contribution in [0.5, 0.6) is 0 Å². The van der Waals surface area contributed by atoms with Gasteiger partial charge in [0, 0.05) is 6.54 Å². The van der Waals surface area contributed by atoms with Crippen LogP contribution in [0.4, 0.5) is 4.39 Å². The van der Waals surface area contributed by atoms with Crippen LogP contribution >= 0.6 is 12.4 Å². The van der Waals surface area contributed by atoms with Gasteiger partial charge in [-0.3, -0.25) is 4.79 Å². The maximum absolute atomic E-state index is 13.5. The maximum Gasteiger partial charge on any atom is 0.254 e. The van der Waals surface area contributed by atoms with Crippen molar-refractivity contribution in [1.82, 2.24) is 10.6 Å². The first-order valence-corrected chi connectivity index (χ1v) is 6.92. The van der Waals surface area contributed by atoms with Gasteiger partial charge in [-0.1, -0.05) is 11.6 Å². The second-order valence-corrected chi connectivity index (χ2v) is 5.24. The van der Waals surface area contributed by atoms with E-state index in [2.05, 4.69) is 10.6 Å². The van der Waals surface area contributed by atoms with Crippen molar-refractivity contribution >= 4 is 18.3 Å². The van der Waals surface area contributed by atoms with Gasteiger partial charge in [0.1, 0.15) is 5.82 Å². The molecule has 1 aliphatic rings. The largest absolute Gasteiger partial charge is 0.352 e. The number of piperidine rings is 1. The van der Waals surface area contributed by atoms with E-state index in [9.17, 15) is 9.18 Å². The van der Waals surface area contributed by atoms with Gasteiger partial charge in [0.2, 0.25) is 0 Å². The molecule has 1 aromatic carbocycles. The molecule has 1 aliphatic heterocycles. The van der Waals surface area contributed by atoms with Crippen molar-refractivity contribution in [3.05, 3.63) is 35.1 Å². The van der Waals surface area contributed by atoms with Gasteiger partial charge < -0.3 is 10.6 Å². The van der Waals surface area contributed by atoms with Gasteiger partial charge >= 0.3 is 0 Å². The summed E-state index contributed by atoms with van der Waals surface area (Å²) in [6.07, 6.45) is 3.36. The summed E-state index contributed by atoms with van der Waals surface area (Å²) in [4.78, 5) is 11.9. The molecule has 1 heterocycles. The average Bonchev–Trinajstić information content (AvgIpc) is 2.42. The zero-order chi connectivity index (χ0) is 13.7. The van der Waals surface area contributed by atoms with Gasteiger partial charge in [0.15, 0.2) is 0 Å². The summed E-state index contributed by atoms with van der Waals surface area (Å²) < 4.78 is 13.5. The first-order chi connectivity index (χ1) is 9.16. The second-order valence-electron chi connectivity index (χ2n) is 5.24. The molecule has 1 atom stereocenters. The fraction of sp³-hybridized carbons (Fsp3) is 0.533. The smallest absolute Gasteiger partial charge is 0.254 e. The quantitative estimate of drug-likeness (QED) is 0.897. The Morgan fingerprint density at radius 2 is 2.30 bits per heavy atom. The van der Waals surface area contributed by atoms with E-state index in [0.29, 0.717) is 12.5 Å². The maximum atomic E-state index is 13.5. The highest BCUT2D eigenvalue weighted by Gasteiger charge is 2.14. The number of benzene rings is 1. The van der Waals surface area contributed by atoms with Gasteiger partial charge in [-0.2, -0.15) is 0 Å². The average molecular weight is 301 g/mol. The predicted molar refractivity (Wildman–Crippen MR) is 80.9 cm³/mol.